The molecule has 0 bridgehead atoms. The summed E-state index contributed by atoms with van der Waals surface area (Å²) in [5.74, 6) is 0. The zero-order chi connectivity index (χ0) is 13.4. The van der Waals surface area contributed by atoms with Crippen molar-refractivity contribution >= 4 is 29.6 Å². The van der Waals surface area contributed by atoms with E-state index in [0.717, 1.165) is 0 Å². The minimum atomic E-state index is 0. The minimum absolute atomic E-state index is 0. The molecule has 1 rings (SSSR count). The molecule has 0 atom stereocenters. The summed E-state index contributed by atoms with van der Waals surface area (Å²) >= 11 is 0. The Hall–Kier alpha value is 0.220. The number of benzene rings is 1. The van der Waals surface area contributed by atoms with Crippen LogP contribution in [0.4, 0.5) is 0 Å². The van der Waals surface area contributed by atoms with Crippen LogP contribution in [0, 0.1) is 0 Å². The van der Waals surface area contributed by atoms with E-state index in [1.807, 2.05) is 0 Å². The van der Waals surface area contributed by atoms with E-state index in [2.05, 4.69) is 39.8 Å². The van der Waals surface area contributed by atoms with Gasteiger partial charge in [0.1, 0.15) is 0 Å². The molecule has 0 saturated heterocycles. The van der Waals surface area contributed by atoms with E-state index in [9.17, 15) is 0 Å². The van der Waals surface area contributed by atoms with E-state index in [1.165, 1.54) is 51.4 Å². The monoisotopic (exact) mass is 269 g/mol. The van der Waals surface area contributed by atoms with Crippen molar-refractivity contribution in [2.45, 2.75) is 79.1 Å². The van der Waals surface area contributed by atoms with Crippen molar-refractivity contribution in [3.05, 3.63) is 34.4 Å². The molecule has 0 amide bonds. The molecule has 19 heavy (non-hydrogen) atoms. The summed E-state index contributed by atoms with van der Waals surface area (Å²) in [6.45, 7) is 9.18. The van der Waals surface area contributed by atoms with E-state index in [0.29, 0.717) is 0 Å². The van der Waals surface area contributed by atoms with Gasteiger partial charge in [0.05, 0.1) is 0 Å². The Morgan fingerprint density at radius 2 is 0.895 bits per heavy atom. The molecule has 1 radical (unpaired) electrons. The van der Waals surface area contributed by atoms with Gasteiger partial charge in [-0.2, -0.15) is 0 Å². The van der Waals surface area contributed by atoms with Crippen LogP contribution in [0.15, 0.2) is 12.1 Å². The Morgan fingerprint density at radius 3 is 1.16 bits per heavy atom. The first kappa shape index (κ1) is 19.2. The summed E-state index contributed by atoms with van der Waals surface area (Å²) in [6.07, 6.45) is 10.1. The first-order valence-electron chi connectivity index (χ1n) is 7.90. The fourth-order valence-electron chi connectivity index (χ4n) is 2.92. The second-order valence-corrected chi connectivity index (χ2v) is 5.34. The van der Waals surface area contributed by atoms with Crippen molar-refractivity contribution in [3.8, 4) is 0 Å². The van der Waals surface area contributed by atoms with Gasteiger partial charge < -0.3 is 0 Å². The van der Waals surface area contributed by atoms with Crippen LogP contribution in [-0.4, -0.2) is 29.6 Å². The molecular weight excluding hydrogens is 239 g/mol. The second kappa shape index (κ2) is 10.9. The maximum Gasteiger partial charge on any atom is 0 e. The number of aryl methyl sites for hydroxylation is 2. The van der Waals surface area contributed by atoms with Crippen LogP contribution in [-0.2, 0) is 25.7 Å². The Bertz CT molecular complexity index is 320. The van der Waals surface area contributed by atoms with Gasteiger partial charge in [-0.25, -0.2) is 0 Å². The first-order chi connectivity index (χ1) is 8.78. The molecule has 0 aromatic heterocycles. The van der Waals surface area contributed by atoms with Crippen molar-refractivity contribution in [3.63, 3.8) is 0 Å². The van der Waals surface area contributed by atoms with Gasteiger partial charge >= 0.3 is 0 Å². The molecule has 0 saturated carbocycles. The zero-order valence-corrected chi connectivity index (χ0v) is 15.8. The number of hydrogen-bond acceptors (Lipinski definition) is 0. The fraction of sp³-hybridized carbons (Fsp3) is 0.667. The van der Waals surface area contributed by atoms with Crippen LogP contribution in [0.1, 0.15) is 75.6 Å². The molecule has 1 heteroatoms. The summed E-state index contributed by atoms with van der Waals surface area (Å²) in [6, 6.07) is 4.80. The third-order valence-corrected chi connectivity index (χ3v) is 3.66. The van der Waals surface area contributed by atoms with Gasteiger partial charge in [-0.3, -0.25) is 0 Å². The fourth-order valence-corrected chi connectivity index (χ4v) is 2.92. The molecule has 0 N–H and O–H groups in total. The van der Waals surface area contributed by atoms with Crippen molar-refractivity contribution in [2.75, 3.05) is 0 Å². The molecule has 0 heterocycles. The Balaban J connectivity index is 0.00000324. The summed E-state index contributed by atoms with van der Waals surface area (Å²) in [4.78, 5) is 0. The zero-order valence-electron chi connectivity index (χ0n) is 13.8. The predicted molar refractivity (Wildman–Crippen MR) is 88.2 cm³/mol. The third kappa shape index (κ3) is 5.61. The van der Waals surface area contributed by atoms with Crippen molar-refractivity contribution in [2.24, 2.45) is 0 Å². The van der Waals surface area contributed by atoms with Crippen LogP contribution < -0.4 is 0 Å². The Kier molecular flexibility index (Phi) is 11.1. The number of rotatable bonds is 8. The maximum atomic E-state index is 2.40. The first-order valence-corrected chi connectivity index (χ1v) is 7.90. The van der Waals surface area contributed by atoms with Gasteiger partial charge in [-0.05, 0) is 47.9 Å². The van der Waals surface area contributed by atoms with E-state index in [1.54, 1.807) is 22.3 Å². The molecule has 0 unspecified atom stereocenters. The quantitative estimate of drug-likeness (QED) is 0.575. The molecule has 0 aliphatic carbocycles. The normalized spacial score (nSPS) is 10.3. The van der Waals surface area contributed by atoms with Gasteiger partial charge in [0.15, 0.2) is 0 Å². The SMILES string of the molecule is CCCc1ccc(CCC)c(CCC)c1CCC.[Na]. The number of hydrogen-bond donors (Lipinski definition) is 0. The topological polar surface area (TPSA) is 0 Å². The predicted octanol–water partition coefficient (Wildman–Crippen LogP) is 5.12. The van der Waals surface area contributed by atoms with Crippen LogP contribution in [0.5, 0.6) is 0 Å². The second-order valence-electron chi connectivity index (χ2n) is 5.34. The summed E-state index contributed by atoms with van der Waals surface area (Å²) in [7, 11) is 0. The van der Waals surface area contributed by atoms with Crippen molar-refractivity contribution in [1.29, 1.82) is 0 Å². The molecule has 103 valence electrons. The smallest absolute Gasteiger partial charge is 0 e. The molecule has 0 aliphatic heterocycles. The Morgan fingerprint density at radius 1 is 0.579 bits per heavy atom. The van der Waals surface area contributed by atoms with Gasteiger partial charge in [-0.1, -0.05) is 65.5 Å². The maximum absolute atomic E-state index is 2.40. The van der Waals surface area contributed by atoms with Crippen LogP contribution in [0.25, 0.3) is 0 Å². The van der Waals surface area contributed by atoms with Gasteiger partial charge in [0.2, 0.25) is 0 Å². The largest absolute Gasteiger partial charge is 0.0651 e. The minimum Gasteiger partial charge on any atom is -0.0651 e. The van der Waals surface area contributed by atoms with Crippen LogP contribution in [0.2, 0.25) is 0 Å². The van der Waals surface area contributed by atoms with Gasteiger partial charge in [-0.15, -0.1) is 0 Å². The Labute approximate surface area is 142 Å². The standard InChI is InChI=1S/C18H30.Na/c1-5-9-15-13-14-16(10-6-2)18(12-8-4)17(15)11-7-3;/h13-14H,5-12H2,1-4H3;. The summed E-state index contributed by atoms with van der Waals surface area (Å²) in [5, 5.41) is 0. The van der Waals surface area contributed by atoms with E-state index < -0.39 is 0 Å². The van der Waals surface area contributed by atoms with E-state index in [-0.39, 0.29) is 29.6 Å². The third-order valence-electron chi connectivity index (χ3n) is 3.66. The van der Waals surface area contributed by atoms with Crippen LogP contribution >= 0.6 is 0 Å². The van der Waals surface area contributed by atoms with E-state index in [4.69, 9.17) is 0 Å². The van der Waals surface area contributed by atoms with Gasteiger partial charge in [0.25, 0.3) is 0 Å². The average molecular weight is 269 g/mol. The van der Waals surface area contributed by atoms with Crippen molar-refractivity contribution in [1.82, 2.24) is 0 Å². The molecule has 1 aromatic rings. The molecule has 0 aliphatic rings. The molecule has 0 nitrogen and oxygen atoms in total. The average Bonchev–Trinajstić information content (AvgIpc) is 2.37. The molecular formula is C18H30Na. The van der Waals surface area contributed by atoms with Gasteiger partial charge in [0, 0.05) is 29.6 Å². The molecule has 1 aromatic carbocycles. The molecule has 0 fully saturated rings. The van der Waals surface area contributed by atoms with E-state index >= 15 is 0 Å². The molecule has 0 spiro atoms. The summed E-state index contributed by atoms with van der Waals surface area (Å²) in [5.41, 5.74) is 6.60. The summed E-state index contributed by atoms with van der Waals surface area (Å²) < 4.78 is 0. The van der Waals surface area contributed by atoms with Crippen LogP contribution in [0.3, 0.4) is 0 Å². The van der Waals surface area contributed by atoms with Crippen molar-refractivity contribution < 1.29 is 0 Å².